The number of carboxylic acid groups (broad SMARTS) is 1. The van der Waals surface area contributed by atoms with Crippen LogP contribution >= 0.6 is 0 Å². The van der Waals surface area contributed by atoms with E-state index in [-0.39, 0.29) is 16.9 Å². The maximum Gasteiger partial charge on any atom is 0.347 e. The molecule has 108 valence electrons. The molecule has 0 bridgehead atoms. The second kappa shape index (κ2) is 6.56. The Labute approximate surface area is 121 Å². The number of carbonyl (C=O) groups excluding carboxylic acids is 1. The van der Waals surface area contributed by atoms with E-state index in [2.05, 4.69) is 0 Å². The minimum atomic E-state index is -1.16. The van der Waals surface area contributed by atoms with E-state index in [0.29, 0.717) is 12.4 Å². The van der Waals surface area contributed by atoms with Crippen molar-refractivity contribution in [3.63, 3.8) is 0 Å². The van der Waals surface area contributed by atoms with E-state index in [1.54, 1.807) is 36.4 Å². The molecule has 5 heteroatoms. The van der Waals surface area contributed by atoms with Gasteiger partial charge < -0.3 is 14.6 Å². The molecule has 0 saturated carbocycles. The molecule has 0 aliphatic rings. The van der Waals surface area contributed by atoms with E-state index >= 15 is 0 Å². The van der Waals surface area contributed by atoms with Crippen molar-refractivity contribution in [1.29, 1.82) is 0 Å². The third-order valence-corrected chi connectivity index (χ3v) is 2.73. The van der Waals surface area contributed by atoms with E-state index < -0.39 is 11.9 Å². The van der Waals surface area contributed by atoms with Crippen molar-refractivity contribution in [2.24, 2.45) is 0 Å². The van der Waals surface area contributed by atoms with Gasteiger partial charge in [-0.2, -0.15) is 0 Å². The van der Waals surface area contributed by atoms with Crippen LogP contribution in [0.2, 0.25) is 0 Å². The molecule has 2 aromatic carbocycles. The van der Waals surface area contributed by atoms with Crippen molar-refractivity contribution < 1.29 is 24.2 Å². The van der Waals surface area contributed by atoms with Crippen molar-refractivity contribution >= 4 is 11.9 Å². The summed E-state index contributed by atoms with van der Waals surface area (Å²) >= 11 is 0. The molecule has 21 heavy (non-hydrogen) atoms. The molecule has 2 aromatic rings. The first-order valence-corrected chi connectivity index (χ1v) is 6.39. The Bertz CT molecular complexity index is 663. The van der Waals surface area contributed by atoms with Gasteiger partial charge in [0, 0.05) is 0 Å². The number of carbonyl (C=O) groups is 2. The van der Waals surface area contributed by atoms with Gasteiger partial charge in [0.25, 0.3) is 0 Å². The van der Waals surface area contributed by atoms with Crippen LogP contribution in [0.25, 0.3) is 0 Å². The summed E-state index contributed by atoms with van der Waals surface area (Å²) in [5.41, 5.74) is 0.180. The predicted octanol–water partition coefficient (Wildman–Crippen LogP) is 3.00. The van der Waals surface area contributed by atoms with Crippen LogP contribution in [0.4, 0.5) is 0 Å². The number of para-hydroxylation sites is 2. The van der Waals surface area contributed by atoms with E-state index in [9.17, 15) is 9.59 Å². The van der Waals surface area contributed by atoms with Crippen LogP contribution in [-0.2, 0) is 0 Å². The van der Waals surface area contributed by atoms with Crippen molar-refractivity contribution in [3.8, 4) is 11.5 Å². The summed E-state index contributed by atoms with van der Waals surface area (Å²) in [6, 6.07) is 12.6. The lowest BCUT2D eigenvalue weighted by Crippen LogP contribution is -2.13. The molecular formula is C16H14O5. The van der Waals surface area contributed by atoms with Crippen molar-refractivity contribution in [1.82, 2.24) is 0 Å². The first-order valence-electron chi connectivity index (χ1n) is 6.39. The fourth-order valence-electron chi connectivity index (χ4n) is 1.80. The molecule has 0 aliphatic heterocycles. The van der Waals surface area contributed by atoms with E-state index in [0.717, 1.165) is 0 Å². The monoisotopic (exact) mass is 286 g/mol. The number of carboxylic acids is 1. The summed E-state index contributed by atoms with van der Waals surface area (Å²) in [5, 5.41) is 9.07. The molecule has 0 saturated heterocycles. The highest BCUT2D eigenvalue weighted by Gasteiger charge is 2.18. The lowest BCUT2D eigenvalue weighted by molar-refractivity contribution is 0.0680. The number of hydrogen-bond acceptors (Lipinski definition) is 4. The van der Waals surface area contributed by atoms with E-state index in [1.165, 1.54) is 12.1 Å². The minimum absolute atomic E-state index is 0.00121. The molecular weight excluding hydrogens is 272 g/mol. The molecule has 0 aromatic heterocycles. The molecule has 1 N–H and O–H groups in total. The van der Waals surface area contributed by atoms with Gasteiger partial charge in [0.05, 0.1) is 6.61 Å². The molecule has 0 unspecified atom stereocenters. The number of hydrogen-bond donors (Lipinski definition) is 1. The van der Waals surface area contributed by atoms with Gasteiger partial charge in [-0.1, -0.05) is 24.3 Å². The Hall–Kier alpha value is -2.82. The summed E-state index contributed by atoms with van der Waals surface area (Å²) in [6.07, 6.45) is 0. The average Bonchev–Trinajstić information content (AvgIpc) is 2.48. The van der Waals surface area contributed by atoms with E-state index in [4.69, 9.17) is 14.6 Å². The average molecular weight is 286 g/mol. The van der Waals surface area contributed by atoms with Crippen LogP contribution in [-0.4, -0.2) is 23.7 Å². The Balaban J connectivity index is 2.29. The highest BCUT2D eigenvalue weighted by molar-refractivity contribution is 5.96. The fourth-order valence-corrected chi connectivity index (χ4v) is 1.80. The van der Waals surface area contributed by atoms with Crippen LogP contribution in [0, 0.1) is 0 Å². The summed E-state index contributed by atoms with van der Waals surface area (Å²) < 4.78 is 10.5. The van der Waals surface area contributed by atoms with Gasteiger partial charge in [-0.3, -0.25) is 0 Å². The maximum atomic E-state index is 12.2. The third-order valence-electron chi connectivity index (χ3n) is 2.73. The van der Waals surface area contributed by atoms with Crippen LogP contribution in [0.1, 0.15) is 27.6 Å². The number of ether oxygens (including phenoxy) is 2. The summed E-state index contributed by atoms with van der Waals surface area (Å²) in [7, 11) is 0. The van der Waals surface area contributed by atoms with Crippen LogP contribution < -0.4 is 9.47 Å². The summed E-state index contributed by atoms with van der Waals surface area (Å²) in [4.78, 5) is 23.3. The predicted molar refractivity (Wildman–Crippen MR) is 76.0 cm³/mol. The SMILES string of the molecule is CCOc1ccccc1C(=O)Oc1ccccc1C(=O)O. The quantitative estimate of drug-likeness (QED) is 0.675. The van der Waals surface area contributed by atoms with Gasteiger partial charge in [0.1, 0.15) is 22.6 Å². The first kappa shape index (κ1) is 14.6. The van der Waals surface area contributed by atoms with Crippen LogP contribution in [0.3, 0.4) is 0 Å². The summed E-state index contributed by atoms with van der Waals surface area (Å²) in [5.74, 6) is -1.41. The van der Waals surface area contributed by atoms with Gasteiger partial charge in [-0.05, 0) is 31.2 Å². The zero-order chi connectivity index (χ0) is 15.2. The second-order valence-electron chi connectivity index (χ2n) is 4.12. The molecule has 0 fully saturated rings. The first-order chi connectivity index (χ1) is 10.1. The number of aromatic carboxylic acids is 1. The Morgan fingerprint density at radius 2 is 1.52 bits per heavy atom. The van der Waals surface area contributed by atoms with Crippen molar-refractivity contribution in [2.75, 3.05) is 6.61 Å². The van der Waals surface area contributed by atoms with E-state index in [1.807, 2.05) is 6.92 Å². The van der Waals surface area contributed by atoms with Crippen molar-refractivity contribution in [3.05, 3.63) is 59.7 Å². The van der Waals surface area contributed by atoms with Gasteiger partial charge in [-0.15, -0.1) is 0 Å². The molecule has 0 amide bonds. The zero-order valence-electron chi connectivity index (χ0n) is 11.4. The standard InChI is InChI=1S/C16H14O5/c1-2-20-13-9-5-4-8-12(13)16(19)21-14-10-6-3-7-11(14)15(17)18/h3-10H,2H2,1H3,(H,17,18). The van der Waals surface area contributed by atoms with Gasteiger partial charge >= 0.3 is 11.9 Å². The Morgan fingerprint density at radius 3 is 2.14 bits per heavy atom. The third kappa shape index (κ3) is 3.39. The highest BCUT2D eigenvalue weighted by atomic mass is 16.5. The lowest BCUT2D eigenvalue weighted by atomic mass is 10.2. The zero-order valence-corrected chi connectivity index (χ0v) is 11.4. The lowest BCUT2D eigenvalue weighted by Gasteiger charge is -2.10. The number of rotatable bonds is 5. The molecule has 0 heterocycles. The molecule has 0 spiro atoms. The Morgan fingerprint density at radius 1 is 0.952 bits per heavy atom. The molecule has 5 nitrogen and oxygen atoms in total. The van der Waals surface area contributed by atoms with Gasteiger partial charge in [-0.25, -0.2) is 9.59 Å². The molecule has 0 radical (unpaired) electrons. The number of benzene rings is 2. The van der Waals surface area contributed by atoms with Gasteiger partial charge in [0.2, 0.25) is 0 Å². The largest absolute Gasteiger partial charge is 0.493 e. The summed E-state index contributed by atoms with van der Waals surface area (Å²) in [6.45, 7) is 2.22. The fraction of sp³-hybridized carbons (Fsp3) is 0.125. The number of esters is 1. The van der Waals surface area contributed by atoms with Crippen molar-refractivity contribution in [2.45, 2.75) is 6.92 Å². The smallest absolute Gasteiger partial charge is 0.347 e. The maximum absolute atomic E-state index is 12.2. The Kier molecular flexibility index (Phi) is 4.56. The van der Waals surface area contributed by atoms with Crippen LogP contribution in [0.15, 0.2) is 48.5 Å². The second-order valence-corrected chi connectivity index (χ2v) is 4.12. The highest BCUT2D eigenvalue weighted by Crippen LogP contribution is 2.23. The molecule has 0 atom stereocenters. The van der Waals surface area contributed by atoms with Crippen LogP contribution in [0.5, 0.6) is 11.5 Å². The normalized spacial score (nSPS) is 9.95. The topological polar surface area (TPSA) is 72.8 Å². The molecule has 0 aliphatic carbocycles. The molecule has 2 rings (SSSR count). The van der Waals surface area contributed by atoms with Gasteiger partial charge in [0.15, 0.2) is 0 Å². The minimum Gasteiger partial charge on any atom is -0.493 e.